The molecule has 7 heteroatoms. The van der Waals surface area contributed by atoms with Gasteiger partial charge >= 0.3 is 6.18 Å². The zero-order valence-corrected chi connectivity index (χ0v) is 13.9. The van der Waals surface area contributed by atoms with Crippen molar-refractivity contribution in [1.82, 2.24) is 4.90 Å². The number of carbonyl (C=O) groups excluding carboxylic acids is 1. The topological polar surface area (TPSA) is 38.8 Å². The van der Waals surface area contributed by atoms with E-state index in [4.69, 9.17) is 9.47 Å². The Morgan fingerprint density at radius 3 is 2.80 bits per heavy atom. The third-order valence-electron chi connectivity index (χ3n) is 4.46. The van der Waals surface area contributed by atoms with Crippen LogP contribution in [0.3, 0.4) is 0 Å². The van der Waals surface area contributed by atoms with E-state index in [9.17, 15) is 18.0 Å². The molecule has 1 aliphatic carbocycles. The normalized spacial score (nSPS) is 21.4. The highest BCUT2D eigenvalue weighted by Gasteiger charge is 2.31. The van der Waals surface area contributed by atoms with Gasteiger partial charge in [-0.15, -0.1) is 0 Å². The van der Waals surface area contributed by atoms with Gasteiger partial charge in [-0.05, 0) is 30.4 Å². The fraction of sp³-hybridized carbons (Fsp3) is 0.611. The number of hydrogen-bond acceptors (Lipinski definition) is 3. The molecule has 2 fully saturated rings. The summed E-state index contributed by atoms with van der Waals surface area (Å²) in [5, 5.41) is 0. The van der Waals surface area contributed by atoms with Gasteiger partial charge in [0.1, 0.15) is 0 Å². The molecule has 138 valence electrons. The van der Waals surface area contributed by atoms with Crippen LogP contribution in [0.4, 0.5) is 13.2 Å². The van der Waals surface area contributed by atoms with E-state index in [1.165, 1.54) is 18.9 Å². The molecule has 0 bridgehead atoms. The Morgan fingerprint density at radius 1 is 1.28 bits per heavy atom. The predicted molar refractivity (Wildman–Crippen MR) is 85.0 cm³/mol. The lowest BCUT2D eigenvalue weighted by atomic mass is 10.1. The highest BCUT2D eigenvalue weighted by Crippen LogP contribution is 2.30. The molecule has 1 amide bonds. The molecule has 0 N–H and O–H groups in total. The number of alkyl halides is 3. The van der Waals surface area contributed by atoms with E-state index < -0.39 is 11.7 Å². The summed E-state index contributed by atoms with van der Waals surface area (Å²) in [4.78, 5) is 14.1. The average molecular weight is 357 g/mol. The molecule has 0 unspecified atom stereocenters. The van der Waals surface area contributed by atoms with Gasteiger partial charge < -0.3 is 14.4 Å². The van der Waals surface area contributed by atoms with Gasteiger partial charge in [0.15, 0.2) is 0 Å². The van der Waals surface area contributed by atoms with E-state index in [1.54, 1.807) is 11.0 Å². The lowest BCUT2D eigenvalue weighted by molar-refractivity contribution is -0.141. The molecule has 1 aromatic carbocycles. The molecule has 1 saturated heterocycles. The minimum atomic E-state index is -4.40. The second kappa shape index (κ2) is 7.74. The van der Waals surface area contributed by atoms with Crippen LogP contribution < -0.4 is 0 Å². The molecule has 0 aromatic heterocycles. The third kappa shape index (κ3) is 5.44. The maximum absolute atomic E-state index is 12.8. The summed E-state index contributed by atoms with van der Waals surface area (Å²) < 4.78 is 49.5. The standard InChI is InChI=1S/C18H22F3NO3/c19-18(20,21)15-3-1-2-14(8-15)9-17(23)22-6-7-25-16(10-22)12-24-11-13-4-5-13/h1-3,8,13,16H,4-7,9-12H2/t16-/m0/s1. The zero-order chi connectivity index (χ0) is 17.9. The Balaban J connectivity index is 1.51. The molecule has 1 saturated carbocycles. The summed E-state index contributed by atoms with van der Waals surface area (Å²) in [6, 6.07) is 4.92. The monoisotopic (exact) mass is 357 g/mol. The van der Waals surface area contributed by atoms with Crippen LogP contribution in [0, 0.1) is 5.92 Å². The summed E-state index contributed by atoms with van der Waals surface area (Å²) in [7, 11) is 0. The molecule has 4 nitrogen and oxygen atoms in total. The van der Waals surface area contributed by atoms with Crippen molar-refractivity contribution in [3.8, 4) is 0 Å². The van der Waals surface area contributed by atoms with E-state index >= 15 is 0 Å². The molecule has 0 spiro atoms. The molecule has 2 aliphatic rings. The van der Waals surface area contributed by atoms with Gasteiger partial charge in [0.05, 0.1) is 31.3 Å². The van der Waals surface area contributed by atoms with Gasteiger partial charge in [-0.2, -0.15) is 13.2 Å². The quantitative estimate of drug-likeness (QED) is 0.786. The van der Waals surface area contributed by atoms with Crippen LogP contribution in [0.5, 0.6) is 0 Å². The number of halogens is 3. The first kappa shape index (κ1) is 18.2. The van der Waals surface area contributed by atoms with Crippen molar-refractivity contribution >= 4 is 5.91 Å². The Morgan fingerprint density at radius 2 is 2.08 bits per heavy atom. The SMILES string of the molecule is O=C(Cc1cccc(C(F)(F)F)c1)N1CCO[C@H](COCC2CC2)C1. The highest BCUT2D eigenvalue weighted by molar-refractivity contribution is 5.79. The van der Waals surface area contributed by atoms with Crippen molar-refractivity contribution in [3.05, 3.63) is 35.4 Å². The first-order chi connectivity index (χ1) is 11.9. The second-order valence-electron chi connectivity index (χ2n) is 6.69. The van der Waals surface area contributed by atoms with Crippen molar-refractivity contribution in [3.63, 3.8) is 0 Å². The van der Waals surface area contributed by atoms with Crippen LogP contribution in [0.15, 0.2) is 24.3 Å². The molecular formula is C18H22F3NO3. The lowest BCUT2D eigenvalue weighted by Gasteiger charge is -2.33. The van der Waals surface area contributed by atoms with Crippen molar-refractivity contribution in [1.29, 1.82) is 0 Å². The summed E-state index contributed by atoms with van der Waals surface area (Å²) in [6.45, 7) is 2.48. The van der Waals surface area contributed by atoms with Gasteiger partial charge in [-0.25, -0.2) is 0 Å². The number of amides is 1. The van der Waals surface area contributed by atoms with Crippen LogP contribution in [-0.2, 0) is 26.9 Å². The van der Waals surface area contributed by atoms with Crippen LogP contribution in [0.1, 0.15) is 24.0 Å². The van der Waals surface area contributed by atoms with Crippen molar-refractivity contribution < 1.29 is 27.4 Å². The number of rotatable bonds is 6. The number of benzene rings is 1. The van der Waals surface area contributed by atoms with Crippen LogP contribution in [0.2, 0.25) is 0 Å². The molecule has 1 aliphatic heterocycles. The number of morpholine rings is 1. The number of hydrogen-bond donors (Lipinski definition) is 0. The molecule has 1 aromatic rings. The van der Waals surface area contributed by atoms with E-state index in [-0.39, 0.29) is 18.4 Å². The van der Waals surface area contributed by atoms with Gasteiger partial charge in [0, 0.05) is 19.7 Å². The van der Waals surface area contributed by atoms with Crippen molar-refractivity contribution in [2.45, 2.75) is 31.5 Å². The molecule has 25 heavy (non-hydrogen) atoms. The first-order valence-corrected chi connectivity index (χ1v) is 8.55. The van der Waals surface area contributed by atoms with Gasteiger partial charge in [-0.3, -0.25) is 4.79 Å². The van der Waals surface area contributed by atoms with Gasteiger partial charge in [-0.1, -0.05) is 18.2 Å². The maximum Gasteiger partial charge on any atom is 0.416 e. The minimum absolute atomic E-state index is 0.0421. The summed E-state index contributed by atoms with van der Waals surface area (Å²) in [5.74, 6) is 0.483. The van der Waals surface area contributed by atoms with Crippen molar-refractivity contribution in [2.75, 3.05) is 32.9 Å². The van der Waals surface area contributed by atoms with E-state index in [0.29, 0.717) is 37.8 Å². The summed E-state index contributed by atoms with van der Waals surface area (Å²) in [5.41, 5.74) is -0.362. The van der Waals surface area contributed by atoms with Crippen LogP contribution in [-0.4, -0.2) is 49.8 Å². The van der Waals surface area contributed by atoms with Crippen molar-refractivity contribution in [2.24, 2.45) is 5.92 Å². The Hall–Kier alpha value is -1.60. The fourth-order valence-electron chi connectivity index (χ4n) is 2.84. The minimum Gasteiger partial charge on any atom is -0.378 e. The second-order valence-corrected chi connectivity index (χ2v) is 6.69. The molecule has 3 rings (SSSR count). The van der Waals surface area contributed by atoms with E-state index in [2.05, 4.69) is 0 Å². The maximum atomic E-state index is 12.8. The van der Waals surface area contributed by atoms with Crippen LogP contribution >= 0.6 is 0 Å². The van der Waals surface area contributed by atoms with E-state index in [1.807, 2.05) is 0 Å². The highest BCUT2D eigenvalue weighted by atomic mass is 19.4. The smallest absolute Gasteiger partial charge is 0.378 e. The lowest BCUT2D eigenvalue weighted by Crippen LogP contribution is -2.47. The molecular weight excluding hydrogens is 335 g/mol. The summed E-state index contributed by atoms with van der Waals surface area (Å²) >= 11 is 0. The Labute approximate surface area is 144 Å². The molecule has 1 atom stereocenters. The van der Waals surface area contributed by atoms with Crippen LogP contribution in [0.25, 0.3) is 0 Å². The molecule has 0 radical (unpaired) electrons. The Bertz CT molecular complexity index is 601. The number of nitrogens with zero attached hydrogens (tertiary/aromatic N) is 1. The summed E-state index contributed by atoms with van der Waals surface area (Å²) in [6.07, 6.45) is -2.18. The van der Waals surface area contributed by atoms with Gasteiger partial charge in [0.2, 0.25) is 5.91 Å². The van der Waals surface area contributed by atoms with E-state index in [0.717, 1.165) is 18.7 Å². The average Bonchev–Trinajstić information content (AvgIpc) is 3.39. The number of carbonyl (C=O) groups is 1. The predicted octanol–water partition coefficient (Wildman–Crippen LogP) is 2.90. The first-order valence-electron chi connectivity index (χ1n) is 8.55. The van der Waals surface area contributed by atoms with Gasteiger partial charge in [0.25, 0.3) is 0 Å². The largest absolute Gasteiger partial charge is 0.416 e. The Kier molecular flexibility index (Phi) is 5.64. The number of ether oxygens (including phenoxy) is 2. The molecule has 1 heterocycles. The third-order valence-corrected chi connectivity index (χ3v) is 4.46. The fourth-order valence-corrected chi connectivity index (χ4v) is 2.84. The zero-order valence-electron chi connectivity index (χ0n) is 13.9.